The van der Waals surface area contributed by atoms with Crippen LogP contribution in [-0.4, -0.2) is 61.0 Å². The van der Waals surface area contributed by atoms with Crippen molar-refractivity contribution >= 4 is 17.7 Å². The standard InChI is InChI=1S/C38H41F4N5O4/c1-3-18-50-31-13-11-26(20-29(31)39)25-10-12-27(28(19-25)24-8-6-5-7-9-24)34(38(40,41)42)51-33-21-32(45-36(43)46-33)47-16-14-37(15-17-47)22-30(44-23-37)35(48)49-4-2/h5-13,19-21,30,34,44H,3-4,14-18,22-23H2,1-2H3,(H2,43,45,46)/t30-,34+/m0/s1. The van der Waals surface area contributed by atoms with Crippen LogP contribution in [0.5, 0.6) is 11.6 Å². The molecule has 2 atom stereocenters. The Balaban J connectivity index is 1.27. The van der Waals surface area contributed by atoms with E-state index >= 15 is 0 Å². The van der Waals surface area contributed by atoms with Crippen molar-refractivity contribution in [3.63, 3.8) is 0 Å². The molecule has 51 heavy (non-hydrogen) atoms. The Morgan fingerprint density at radius 3 is 2.41 bits per heavy atom. The van der Waals surface area contributed by atoms with Crippen LogP contribution in [0.15, 0.2) is 72.8 Å². The number of halogens is 4. The van der Waals surface area contributed by atoms with Crippen molar-refractivity contribution in [2.24, 2.45) is 5.41 Å². The summed E-state index contributed by atoms with van der Waals surface area (Å²) in [5.41, 5.74) is 7.56. The van der Waals surface area contributed by atoms with Gasteiger partial charge >= 0.3 is 12.1 Å². The highest BCUT2D eigenvalue weighted by atomic mass is 19.4. The number of nitrogens with zero attached hydrogens (tertiary/aromatic N) is 3. The molecule has 3 aromatic carbocycles. The molecule has 2 saturated heterocycles. The number of nitrogens with two attached hydrogens (primary N) is 1. The minimum atomic E-state index is -4.85. The Labute approximate surface area is 294 Å². The SMILES string of the molecule is CCCOc1ccc(-c2ccc([C@@H](Oc3cc(N4CCC5(CC4)CN[C@H](C(=O)OCC)C5)nc(N)n3)C(F)(F)F)c(-c3ccccc3)c2)cc1F. The Morgan fingerprint density at radius 1 is 1.00 bits per heavy atom. The van der Waals surface area contributed by atoms with Crippen LogP contribution in [-0.2, 0) is 9.53 Å². The molecular formula is C38H41F4N5O4. The van der Waals surface area contributed by atoms with Gasteiger partial charge in [0.2, 0.25) is 17.9 Å². The number of esters is 1. The van der Waals surface area contributed by atoms with Gasteiger partial charge in [-0.25, -0.2) is 4.39 Å². The van der Waals surface area contributed by atoms with Gasteiger partial charge in [0.25, 0.3) is 0 Å². The fourth-order valence-electron chi connectivity index (χ4n) is 6.84. The molecule has 6 rings (SSSR count). The summed E-state index contributed by atoms with van der Waals surface area (Å²) in [7, 11) is 0. The second-order valence-corrected chi connectivity index (χ2v) is 13.0. The van der Waals surface area contributed by atoms with E-state index in [4.69, 9.17) is 19.9 Å². The quantitative estimate of drug-likeness (QED) is 0.121. The number of aromatic nitrogens is 2. The number of anilines is 2. The van der Waals surface area contributed by atoms with Gasteiger partial charge in [-0.2, -0.15) is 23.1 Å². The maximum absolute atomic E-state index is 15.0. The molecule has 9 nitrogen and oxygen atoms in total. The topological polar surface area (TPSA) is 112 Å². The average Bonchev–Trinajstić information content (AvgIpc) is 3.53. The summed E-state index contributed by atoms with van der Waals surface area (Å²) >= 11 is 0. The maximum atomic E-state index is 15.0. The lowest BCUT2D eigenvalue weighted by Crippen LogP contribution is -2.41. The van der Waals surface area contributed by atoms with Crippen molar-refractivity contribution in [3.8, 4) is 33.9 Å². The van der Waals surface area contributed by atoms with Crippen LogP contribution in [0.25, 0.3) is 22.3 Å². The van der Waals surface area contributed by atoms with Crippen LogP contribution >= 0.6 is 0 Å². The second kappa shape index (κ2) is 15.1. The average molecular weight is 708 g/mol. The first-order valence-electron chi connectivity index (χ1n) is 17.1. The molecule has 2 aliphatic heterocycles. The van der Waals surface area contributed by atoms with E-state index in [1.807, 2.05) is 11.8 Å². The first kappa shape index (κ1) is 35.9. The summed E-state index contributed by atoms with van der Waals surface area (Å²) in [4.78, 5) is 22.6. The van der Waals surface area contributed by atoms with E-state index in [0.29, 0.717) is 68.2 Å². The number of benzene rings is 3. The van der Waals surface area contributed by atoms with Crippen LogP contribution < -0.4 is 25.4 Å². The molecule has 0 saturated carbocycles. The van der Waals surface area contributed by atoms with Gasteiger partial charge in [-0.05, 0) is 78.5 Å². The molecule has 1 spiro atoms. The number of carbonyl (C=O) groups is 1. The van der Waals surface area contributed by atoms with Gasteiger partial charge < -0.3 is 30.2 Å². The number of nitrogen functional groups attached to an aromatic ring is 1. The molecule has 0 amide bonds. The van der Waals surface area contributed by atoms with Crippen molar-refractivity contribution in [1.82, 2.24) is 15.3 Å². The molecule has 1 aromatic heterocycles. The van der Waals surface area contributed by atoms with Gasteiger partial charge in [-0.15, -0.1) is 0 Å². The number of carbonyl (C=O) groups excluding carboxylic acids is 1. The number of piperidine rings is 1. The summed E-state index contributed by atoms with van der Waals surface area (Å²) in [5, 5.41) is 3.28. The third-order valence-electron chi connectivity index (χ3n) is 9.47. The van der Waals surface area contributed by atoms with Crippen LogP contribution in [0.2, 0.25) is 0 Å². The number of rotatable bonds is 11. The normalized spacial score (nSPS) is 17.7. The van der Waals surface area contributed by atoms with Crippen molar-refractivity contribution in [2.45, 2.75) is 57.9 Å². The van der Waals surface area contributed by atoms with Crippen LogP contribution in [0.4, 0.5) is 29.3 Å². The Kier molecular flexibility index (Phi) is 10.7. The molecule has 2 aliphatic rings. The predicted octanol–water partition coefficient (Wildman–Crippen LogP) is 7.51. The molecule has 4 aromatic rings. The lowest BCUT2D eigenvalue weighted by atomic mass is 9.76. The van der Waals surface area contributed by atoms with Gasteiger partial charge in [0.05, 0.1) is 13.2 Å². The van der Waals surface area contributed by atoms with E-state index in [0.717, 1.165) is 12.8 Å². The minimum absolute atomic E-state index is 0.0934. The molecule has 0 bridgehead atoms. The highest BCUT2D eigenvalue weighted by molar-refractivity contribution is 5.77. The third-order valence-corrected chi connectivity index (χ3v) is 9.47. The number of ether oxygens (including phenoxy) is 3. The number of hydrogen-bond acceptors (Lipinski definition) is 9. The van der Waals surface area contributed by atoms with Crippen molar-refractivity contribution in [2.75, 3.05) is 43.5 Å². The zero-order chi connectivity index (χ0) is 36.2. The number of hydrogen-bond donors (Lipinski definition) is 2. The van der Waals surface area contributed by atoms with Gasteiger partial charge in [0, 0.05) is 31.3 Å². The van der Waals surface area contributed by atoms with Gasteiger partial charge in [0.1, 0.15) is 11.9 Å². The zero-order valence-electron chi connectivity index (χ0n) is 28.5. The highest BCUT2D eigenvalue weighted by Gasteiger charge is 2.46. The van der Waals surface area contributed by atoms with Crippen molar-refractivity contribution < 1.29 is 36.6 Å². The molecule has 0 aliphatic carbocycles. The van der Waals surface area contributed by atoms with Crippen molar-refractivity contribution in [3.05, 3.63) is 84.2 Å². The maximum Gasteiger partial charge on any atom is 0.429 e. The summed E-state index contributed by atoms with van der Waals surface area (Å²) in [6.45, 7) is 6.15. The number of alkyl halides is 3. The fraction of sp³-hybridized carbons (Fsp3) is 0.395. The van der Waals surface area contributed by atoms with Crippen LogP contribution in [0, 0.1) is 11.2 Å². The molecule has 3 heterocycles. The summed E-state index contributed by atoms with van der Waals surface area (Å²) in [5.74, 6) is -0.903. The Hall–Kier alpha value is -4.91. The monoisotopic (exact) mass is 707 g/mol. The number of nitrogens with one attached hydrogen (secondary N) is 1. The summed E-state index contributed by atoms with van der Waals surface area (Å²) in [6.07, 6.45) is -4.41. The van der Waals surface area contributed by atoms with E-state index in [9.17, 15) is 22.4 Å². The van der Waals surface area contributed by atoms with E-state index in [2.05, 4.69) is 15.3 Å². The van der Waals surface area contributed by atoms with Crippen molar-refractivity contribution in [1.29, 1.82) is 0 Å². The van der Waals surface area contributed by atoms with Crippen LogP contribution in [0.3, 0.4) is 0 Å². The zero-order valence-corrected chi connectivity index (χ0v) is 28.5. The predicted molar refractivity (Wildman–Crippen MR) is 186 cm³/mol. The molecule has 3 N–H and O–H groups in total. The smallest absolute Gasteiger partial charge is 0.429 e. The van der Waals surface area contributed by atoms with Gasteiger partial charge in [-0.3, -0.25) is 4.79 Å². The Bertz CT molecular complexity index is 1830. The summed E-state index contributed by atoms with van der Waals surface area (Å²) in [6, 6.07) is 18.6. The lowest BCUT2D eigenvalue weighted by Gasteiger charge is -2.39. The molecule has 270 valence electrons. The van der Waals surface area contributed by atoms with Gasteiger partial charge in [0.15, 0.2) is 11.6 Å². The van der Waals surface area contributed by atoms with Crippen LogP contribution in [0.1, 0.15) is 51.2 Å². The first-order valence-corrected chi connectivity index (χ1v) is 17.1. The van der Waals surface area contributed by atoms with E-state index in [-0.39, 0.29) is 46.1 Å². The molecule has 13 heteroatoms. The highest BCUT2D eigenvalue weighted by Crippen LogP contribution is 2.44. The summed E-state index contributed by atoms with van der Waals surface area (Å²) < 4.78 is 76.1. The Morgan fingerprint density at radius 2 is 1.73 bits per heavy atom. The van der Waals surface area contributed by atoms with E-state index < -0.39 is 18.1 Å². The van der Waals surface area contributed by atoms with Gasteiger partial charge in [-0.1, -0.05) is 55.5 Å². The molecule has 0 unspecified atom stereocenters. The molecular weight excluding hydrogens is 666 g/mol. The lowest BCUT2D eigenvalue weighted by molar-refractivity contribution is -0.198. The van der Waals surface area contributed by atoms with E-state index in [1.165, 1.54) is 30.3 Å². The first-order chi connectivity index (χ1) is 24.5. The third kappa shape index (κ3) is 8.19. The fourth-order valence-corrected chi connectivity index (χ4v) is 6.84. The molecule has 0 radical (unpaired) electrons. The minimum Gasteiger partial charge on any atom is -0.491 e. The second-order valence-electron chi connectivity index (χ2n) is 13.0. The largest absolute Gasteiger partial charge is 0.491 e. The van der Waals surface area contributed by atoms with E-state index in [1.54, 1.807) is 49.4 Å². The molecule has 2 fully saturated rings.